The topological polar surface area (TPSA) is 43.4 Å². The number of hydrogen-bond donors (Lipinski definition) is 1. The van der Waals surface area contributed by atoms with E-state index in [4.69, 9.17) is 9.31 Å². The van der Waals surface area contributed by atoms with Crippen LogP contribution in [0.25, 0.3) is 5.57 Å². The minimum atomic E-state index is -0.341. The molecule has 2 fully saturated rings. The smallest absolute Gasteiger partial charge is 0.399 e. The monoisotopic (exact) mass is 312 g/mol. The van der Waals surface area contributed by atoms with Crippen LogP contribution >= 0.6 is 0 Å². The molecule has 1 aromatic heterocycles. The van der Waals surface area contributed by atoms with Gasteiger partial charge in [-0.3, -0.25) is 4.98 Å². The molecule has 2 unspecified atom stereocenters. The molecule has 0 aromatic carbocycles. The van der Waals surface area contributed by atoms with Crippen LogP contribution in [-0.4, -0.2) is 35.4 Å². The highest BCUT2D eigenvalue weighted by atomic mass is 16.7. The Labute approximate surface area is 138 Å². The second-order valence-electron chi connectivity index (χ2n) is 8.04. The summed E-state index contributed by atoms with van der Waals surface area (Å²) in [5.74, 6) is 0. The molecule has 0 amide bonds. The minimum Gasteiger partial charge on any atom is -0.399 e. The van der Waals surface area contributed by atoms with Crippen molar-refractivity contribution in [3.63, 3.8) is 0 Å². The first-order chi connectivity index (χ1) is 10.8. The molecular weight excluding hydrogens is 287 g/mol. The maximum absolute atomic E-state index is 6.15. The average molecular weight is 312 g/mol. The van der Waals surface area contributed by atoms with E-state index >= 15 is 0 Å². The van der Waals surface area contributed by atoms with Crippen molar-refractivity contribution >= 4 is 18.2 Å². The molecule has 2 bridgehead atoms. The van der Waals surface area contributed by atoms with Gasteiger partial charge in [0.2, 0.25) is 0 Å². The Bertz CT molecular complexity index is 640. The van der Waals surface area contributed by atoms with Gasteiger partial charge in [0, 0.05) is 29.9 Å². The maximum atomic E-state index is 6.15. The van der Waals surface area contributed by atoms with Gasteiger partial charge in [-0.05, 0) is 58.1 Å². The Kier molecular flexibility index (Phi) is 3.45. The highest BCUT2D eigenvalue weighted by Gasteiger charge is 2.51. The van der Waals surface area contributed by atoms with Crippen molar-refractivity contribution in [1.29, 1.82) is 0 Å². The van der Waals surface area contributed by atoms with Gasteiger partial charge in [0.05, 0.1) is 11.2 Å². The van der Waals surface area contributed by atoms with E-state index in [9.17, 15) is 0 Å². The number of nitrogens with zero attached hydrogens (tertiary/aromatic N) is 1. The number of aromatic nitrogens is 1. The lowest BCUT2D eigenvalue weighted by molar-refractivity contribution is 0.00578. The van der Waals surface area contributed by atoms with Gasteiger partial charge in [0.15, 0.2) is 0 Å². The first-order valence-corrected chi connectivity index (χ1v) is 8.62. The summed E-state index contributed by atoms with van der Waals surface area (Å²) < 4.78 is 12.3. The fourth-order valence-corrected chi connectivity index (χ4v) is 3.67. The zero-order valence-electron chi connectivity index (χ0n) is 14.4. The van der Waals surface area contributed by atoms with E-state index in [1.165, 1.54) is 24.0 Å². The SMILES string of the molecule is CC1(C)OB(c2cncc(C3=CC4CCC(C3)N4)c2)OC1(C)C. The standard InChI is InChI=1S/C18H25BN2O2/c1-17(2)18(3,4)23-19(22-17)14-7-13(10-20-11-14)12-8-15-5-6-16(9-12)21-15/h7-8,10-11,15-16,21H,5-6,9H2,1-4H3. The van der Waals surface area contributed by atoms with Crippen molar-refractivity contribution < 1.29 is 9.31 Å². The molecule has 2 atom stereocenters. The predicted molar refractivity (Wildman–Crippen MR) is 92.5 cm³/mol. The molecule has 4 rings (SSSR count). The van der Waals surface area contributed by atoms with Crippen LogP contribution in [0.15, 0.2) is 24.5 Å². The number of pyridine rings is 1. The first kappa shape index (κ1) is 15.4. The van der Waals surface area contributed by atoms with Gasteiger partial charge in [-0.2, -0.15) is 0 Å². The van der Waals surface area contributed by atoms with Crippen LogP contribution in [-0.2, 0) is 9.31 Å². The normalized spacial score (nSPS) is 31.3. The number of fused-ring (bicyclic) bond motifs is 2. The zero-order valence-corrected chi connectivity index (χ0v) is 14.4. The fraction of sp³-hybridized carbons (Fsp3) is 0.611. The van der Waals surface area contributed by atoms with Crippen molar-refractivity contribution in [1.82, 2.24) is 10.3 Å². The van der Waals surface area contributed by atoms with Gasteiger partial charge in [0.25, 0.3) is 0 Å². The van der Waals surface area contributed by atoms with Crippen LogP contribution in [0.1, 0.15) is 52.5 Å². The molecule has 0 radical (unpaired) electrons. The Morgan fingerprint density at radius 1 is 1.13 bits per heavy atom. The van der Waals surface area contributed by atoms with Crippen molar-refractivity contribution in [2.24, 2.45) is 0 Å². The molecule has 3 aliphatic rings. The largest absolute Gasteiger partial charge is 0.496 e. The van der Waals surface area contributed by atoms with Crippen molar-refractivity contribution in [2.75, 3.05) is 0 Å². The Morgan fingerprint density at radius 2 is 1.87 bits per heavy atom. The summed E-state index contributed by atoms with van der Waals surface area (Å²) in [6, 6.07) is 3.34. The summed E-state index contributed by atoms with van der Waals surface area (Å²) in [6.45, 7) is 8.32. The molecule has 1 aromatic rings. The van der Waals surface area contributed by atoms with Gasteiger partial charge in [-0.1, -0.05) is 12.1 Å². The Hall–Kier alpha value is -1.17. The Balaban J connectivity index is 1.61. The van der Waals surface area contributed by atoms with Crippen LogP contribution < -0.4 is 10.8 Å². The zero-order chi connectivity index (χ0) is 16.2. The van der Waals surface area contributed by atoms with Crippen LogP contribution in [0, 0.1) is 0 Å². The van der Waals surface area contributed by atoms with Crippen LogP contribution in [0.2, 0.25) is 0 Å². The molecule has 5 heteroatoms. The van der Waals surface area contributed by atoms with Gasteiger partial charge in [0.1, 0.15) is 0 Å². The van der Waals surface area contributed by atoms with Crippen LogP contribution in [0.4, 0.5) is 0 Å². The van der Waals surface area contributed by atoms with Crippen molar-refractivity contribution in [3.8, 4) is 0 Å². The Morgan fingerprint density at radius 3 is 2.57 bits per heavy atom. The molecule has 2 saturated heterocycles. The summed E-state index contributed by atoms with van der Waals surface area (Å²) in [5.41, 5.74) is 2.98. The van der Waals surface area contributed by atoms with E-state index in [0.717, 1.165) is 11.9 Å². The lowest BCUT2D eigenvalue weighted by Crippen LogP contribution is -2.41. The summed E-state index contributed by atoms with van der Waals surface area (Å²) >= 11 is 0. The lowest BCUT2D eigenvalue weighted by Gasteiger charge is -2.32. The third kappa shape index (κ3) is 2.65. The molecule has 0 saturated carbocycles. The van der Waals surface area contributed by atoms with Crippen LogP contribution in [0.5, 0.6) is 0 Å². The highest BCUT2D eigenvalue weighted by Crippen LogP contribution is 2.37. The maximum Gasteiger partial charge on any atom is 0.496 e. The van der Waals surface area contributed by atoms with E-state index in [2.05, 4.69) is 50.1 Å². The number of hydrogen-bond acceptors (Lipinski definition) is 4. The van der Waals surface area contributed by atoms with Gasteiger partial charge < -0.3 is 14.6 Å². The molecule has 4 nitrogen and oxygen atoms in total. The molecule has 0 spiro atoms. The fourth-order valence-electron chi connectivity index (χ4n) is 3.67. The summed E-state index contributed by atoms with van der Waals surface area (Å²) in [5, 5.41) is 3.64. The number of nitrogens with one attached hydrogen (secondary N) is 1. The van der Waals surface area contributed by atoms with Crippen molar-refractivity contribution in [2.45, 2.75) is 70.2 Å². The van der Waals surface area contributed by atoms with E-state index < -0.39 is 0 Å². The van der Waals surface area contributed by atoms with Crippen LogP contribution in [0.3, 0.4) is 0 Å². The highest BCUT2D eigenvalue weighted by molar-refractivity contribution is 6.62. The minimum absolute atomic E-state index is 0.319. The summed E-state index contributed by atoms with van der Waals surface area (Å²) in [4.78, 5) is 4.45. The third-order valence-corrected chi connectivity index (χ3v) is 5.80. The van der Waals surface area contributed by atoms with Gasteiger partial charge >= 0.3 is 7.12 Å². The van der Waals surface area contributed by atoms with Gasteiger partial charge in [-0.15, -0.1) is 0 Å². The molecule has 1 N–H and O–H groups in total. The molecule has 3 aliphatic heterocycles. The molecule has 23 heavy (non-hydrogen) atoms. The second kappa shape index (κ2) is 5.17. The van der Waals surface area contributed by atoms with Gasteiger partial charge in [-0.25, -0.2) is 0 Å². The summed E-state index contributed by atoms with van der Waals surface area (Å²) in [7, 11) is -0.341. The van der Waals surface area contributed by atoms with E-state index in [1.807, 2.05) is 12.4 Å². The predicted octanol–water partition coefficient (Wildman–Crippen LogP) is 2.29. The molecular formula is C18H25BN2O2. The third-order valence-electron chi connectivity index (χ3n) is 5.80. The second-order valence-corrected chi connectivity index (χ2v) is 8.04. The summed E-state index contributed by atoms with van der Waals surface area (Å²) in [6.07, 6.45) is 9.81. The number of rotatable bonds is 2. The van der Waals surface area contributed by atoms with E-state index in [0.29, 0.717) is 12.1 Å². The lowest BCUT2D eigenvalue weighted by atomic mass is 9.79. The first-order valence-electron chi connectivity index (χ1n) is 8.62. The molecule has 4 heterocycles. The molecule has 122 valence electrons. The average Bonchev–Trinajstić information content (AvgIpc) is 2.94. The quantitative estimate of drug-likeness (QED) is 0.851. The van der Waals surface area contributed by atoms with E-state index in [1.54, 1.807) is 0 Å². The van der Waals surface area contributed by atoms with Crippen molar-refractivity contribution in [3.05, 3.63) is 30.1 Å². The van der Waals surface area contributed by atoms with E-state index in [-0.39, 0.29) is 18.3 Å². The molecule has 0 aliphatic carbocycles.